The summed E-state index contributed by atoms with van der Waals surface area (Å²) < 4.78 is 0. The smallest absolute Gasteiger partial charge is 0.0443 e. The highest BCUT2D eigenvalue weighted by atomic mass is 14.1. The number of rotatable bonds is 23. The highest BCUT2D eigenvalue weighted by Gasteiger charge is 2.02. The van der Waals surface area contributed by atoms with Crippen molar-refractivity contribution in [3.8, 4) is 0 Å². The van der Waals surface area contributed by atoms with Gasteiger partial charge in [-0.2, -0.15) is 0 Å². The van der Waals surface area contributed by atoms with Crippen molar-refractivity contribution in [2.24, 2.45) is 5.92 Å². The molecule has 162 valence electrons. The summed E-state index contributed by atoms with van der Waals surface area (Å²) >= 11 is 0. The minimum Gasteiger partial charge on any atom is -0.0625 e. The van der Waals surface area contributed by atoms with Crippen LogP contribution in [0.25, 0.3) is 0 Å². The molecule has 0 aromatic heterocycles. The molecule has 2 radical (unpaired) electrons. The zero-order valence-electron chi connectivity index (χ0n) is 19.3. The van der Waals surface area contributed by atoms with Gasteiger partial charge in [-0.3, -0.25) is 0 Å². The Hall–Kier alpha value is 0. The van der Waals surface area contributed by atoms with E-state index in [0.29, 0.717) is 0 Å². The van der Waals surface area contributed by atoms with E-state index in [2.05, 4.69) is 20.8 Å². The van der Waals surface area contributed by atoms with Crippen LogP contribution in [0.5, 0.6) is 0 Å². The van der Waals surface area contributed by atoms with Gasteiger partial charge in [0.05, 0.1) is 0 Å². The van der Waals surface area contributed by atoms with Gasteiger partial charge in [-0.05, 0) is 5.92 Å². The molecule has 0 aliphatic carbocycles. The first kappa shape index (κ1) is 27.0. The van der Waals surface area contributed by atoms with Gasteiger partial charge in [0.15, 0.2) is 0 Å². The maximum Gasteiger partial charge on any atom is -0.0443 e. The number of unbranched alkanes of at least 4 members (excludes halogenated alkanes) is 19. The lowest BCUT2D eigenvalue weighted by Gasteiger charge is -2.10. The standard InChI is InChI=1S/C27H54/c1-4-6-8-10-11-12-13-14-15-16-17-18-19-20-21-22-24-26-27(3)25-23-9-7-5-2/h27H,1-2,4-26H2,3H3. The van der Waals surface area contributed by atoms with E-state index in [-0.39, 0.29) is 0 Å². The Morgan fingerprint density at radius 2 is 0.593 bits per heavy atom. The maximum atomic E-state index is 3.93. The zero-order valence-corrected chi connectivity index (χ0v) is 19.3. The molecule has 0 saturated heterocycles. The number of hydrogen-bond acceptors (Lipinski definition) is 0. The van der Waals surface area contributed by atoms with Crippen LogP contribution in [-0.4, -0.2) is 0 Å². The molecule has 0 bridgehead atoms. The van der Waals surface area contributed by atoms with Gasteiger partial charge in [-0.25, -0.2) is 0 Å². The molecular formula is C27H54. The van der Waals surface area contributed by atoms with Crippen LogP contribution in [0.3, 0.4) is 0 Å². The Labute approximate surface area is 174 Å². The van der Waals surface area contributed by atoms with Crippen LogP contribution in [0.15, 0.2) is 0 Å². The van der Waals surface area contributed by atoms with Crippen LogP contribution in [0.1, 0.15) is 155 Å². The molecule has 0 heterocycles. The summed E-state index contributed by atoms with van der Waals surface area (Å²) in [5.74, 6) is 0.948. The fourth-order valence-electron chi connectivity index (χ4n) is 4.14. The van der Waals surface area contributed by atoms with E-state index < -0.39 is 0 Å². The third-order valence-electron chi connectivity index (χ3n) is 6.14. The van der Waals surface area contributed by atoms with Crippen LogP contribution < -0.4 is 0 Å². The van der Waals surface area contributed by atoms with Gasteiger partial charge in [-0.1, -0.05) is 168 Å². The highest BCUT2D eigenvalue weighted by molar-refractivity contribution is 4.56. The lowest BCUT2D eigenvalue weighted by molar-refractivity contribution is 0.434. The Morgan fingerprint density at radius 3 is 0.889 bits per heavy atom. The second-order valence-electron chi connectivity index (χ2n) is 9.11. The van der Waals surface area contributed by atoms with Crippen molar-refractivity contribution in [3.05, 3.63) is 13.8 Å². The van der Waals surface area contributed by atoms with E-state index >= 15 is 0 Å². The lowest BCUT2D eigenvalue weighted by atomic mass is 9.96. The maximum absolute atomic E-state index is 3.93. The molecule has 0 fully saturated rings. The van der Waals surface area contributed by atoms with Gasteiger partial charge in [-0.15, -0.1) is 0 Å². The summed E-state index contributed by atoms with van der Waals surface area (Å²) in [6.07, 6.45) is 32.6. The predicted molar refractivity (Wildman–Crippen MR) is 126 cm³/mol. The van der Waals surface area contributed by atoms with Gasteiger partial charge in [0.2, 0.25) is 0 Å². The quantitative estimate of drug-likeness (QED) is 0.155. The zero-order chi connectivity index (χ0) is 19.8. The van der Waals surface area contributed by atoms with E-state index in [4.69, 9.17) is 0 Å². The minimum atomic E-state index is 0.948. The van der Waals surface area contributed by atoms with Crippen molar-refractivity contribution >= 4 is 0 Å². The van der Waals surface area contributed by atoms with E-state index in [1.54, 1.807) is 0 Å². The van der Waals surface area contributed by atoms with Gasteiger partial charge in [0.25, 0.3) is 0 Å². The third-order valence-corrected chi connectivity index (χ3v) is 6.14. The summed E-state index contributed by atoms with van der Waals surface area (Å²) in [4.78, 5) is 0. The van der Waals surface area contributed by atoms with E-state index in [1.165, 1.54) is 135 Å². The van der Waals surface area contributed by atoms with E-state index in [9.17, 15) is 0 Å². The first-order valence-electron chi connectivity index (χ1n) is 12.9. The van der Waals surface area contributed by atoms with E-state index in [0.717, 1.165) is 18.8 Å². The summed E-state index contributed by atoms with van der Waals surface area (Å²) in [6.45, 7) is 10.3. The Bertz CT molecular complexity index is 244. The monoisotopic (exact) mass is 378 g/mol. The molecule has 0 aliphatic rings. The summed E-state index contributed by atoms with van der Waals surface area (Å²) in [5.41, 5.74) is 0. The normalized spacial score (nSPS) is 12.6. The third kappa shape index (κ3) is 24.0. The molecule has 0 aliphatic heterocycles. The van der Waals surface area contributed by atoms with Crippen molar-refractivity contribution in [1.82, 2.24) is 0 Å². The number of hydrogen-bond donors (Lipinski definition) is 0. The fraction of sp³-hybridized carbons (Fsp3) is 0.926. The van der Waals surface area contributed by atoms with Gasteiger partial charge < -0.3 is 0 Å². The van der Waals surface area contributed by atoms with Gasteiger partial charge in [0.1, 0.15) is 0 Å². The molecule has 0 rings (SSSR count). The van der Waals surface area contributed by atoms with Crippen LogP contribution in [-0.2, 0) is 0 Å². The van der Waals surface area contributed by atoms with Crippen molar-refractivity contribution < 1.29 is 0 Å². The van der Waals surface area contributed by atoms with Crippen LogP contribution in [0.4, 0.5) is 0 Å². The summed E-state index contributed by atoms with van der Waals surface area (Å²) in [5, 5.41) is 0. The molecule has 27 heavy (non-hydrogen) atoms. The summed E-state index contributed by atoms with van der Waals surface area (Å²) in [7, 11) is 0. The van der Waals surface area contributed by atoms with Crippen molar-refractivity contribution in [1.29, 1.82) is 0 Å². The lowest BCUT2D eigenvalue weighted by Crippen LogP contribution is -1.95. The molecule has 0 amide bonds. The second kappa shape index (κ2) is 24.0. The van der Waals surface area contributed by atoms with Gasteiger partial charge in [0, 0.05) is 0 Å². The Balaban J connectivity index is 3.06. The molecular weight excluding hydrogens is 324 g/mol. The molecule has 1 atom stereocenters. The molecule has 0 heteroatoms. The fourth-order valence-corrected chi connectivity index (χ4v) is 4.14. The molecule has 0 aromatic rings. The molecule has 0 nitrogen and oxygen atoms in total. The minimum absolute atomic E-state index is 0.948. The molecule has 0 N–H and O–H groups in total. The molecule has 0 aromatic carbocycles. The summed E-state index contributed by atoms with van der Waals surface area (Å²) in [6, 6.07) is 0. The molecule has 0 saturated carbocycles. The van der Waals surface area contributed by atoms with Gasteiger partial charge >= 0.3 is 0 Å². The van der Waals surface area contributed by atoms with Crippen LogP contribution in [0.2, 0.25) is 0 Å². The SMILES string of the molecule is [CH2]CCCCCCCCCCCCCCCCCCC(C)CCCCC[CH2]. The average molecular weight is 379 g/mol. The first-order valence-corrected chi connectivity index (χ1v) is 12.9. The topological polar surface area (TPSA) is 0 Å². The van der Waals surface area contributed by atoms with Crippen molar-refractivity contribution in [2.75, 3.05) is 0 Å². The first-order chi connectivity index (χ1) is 13.3. The Kier molecular flexibility index (Phi) is 24.0. The van der Waals surface area contributed by atoms with Crippen LogP contribution in [0, 0.1) is 19.8 Å². The van der Waals surface area contributed by atoms with E-state index in [1.807, 2.05) is 0 Å². The Morgan fingerprint density at radius 1 is 0.370 bits per heavy atom. The average Bonchev–Trinajstić information content (AvgIpc) is 2.67. The predicted octanol–water partition coefficient (Wildman–Crippen LogP) is 10.3. The highest BCUT2D eigenvalue weighted by Crippen LogP contribution is 2.18. The van der Waals surface area contributed by atoms with Crippen LogP contribution >= 0.6 is 0 Å². The molecule has 1 unspecified atom stereocenters. The van der Waals surface area contributed by atoms with Crippen molar-refractivity contribution in [2.45, 2.75) is 155 Å². The largest absolute Gasteiger partial charge is 0.0625 e. The second-order valence-corrected chi connectivity index (χ2v) is 9.11. The van der Waals surface area contributed by atoms with Crippen molar-refractivity contribution in [3.63, 3.8) is 0 Å². The molecule has 0 spiro atoms.